The molecule has 1 aromatic carbocycles. The predicted octanol–water partition coefficient (Wildman–Crippen LogP) is -0.667. The van der Waals surface area contributed by atoms with Crippen LogP contribution in [0.2, 0.25) is 0 Å². The van der Waals surface area contributed by atoms with Crippen molar-refractivity contribution < 1.29 is 19.9 Å². The van der Waals surface area contributed by atoms with Crippen molar-refractivity contribution in [2.75, 3.05) is 6.61 Å². The minimum Gasteiger partial charge on any atom is -0.394 e. The Balaban J connectivity index is 1.67. The number of ether oxygens (including phenoxy) is 1. The van der Waals surface area contributed by atoms with Gasteiger partial charge in [0.2, 0.25) is 0 Å². The summed E-state index contributed by atoms with van der Waals surface area (Å²) in [7, 11) is 0. The molecule has 0 radical (unpaired) electrons. The van der Waals surface area contributed by atoms with Crippen LogP contribution >= 0.6 is 0 Å². The van der Waals surface area contributed by atoms with Gasteiger partial charge >= 0.3 is 5.69 Å². The smallest absolute Gasteiger partial charge is 0.330 e. The van der Waals surface area contributed by atoms with Crippen LogP contribution in [0.1, 0.15) is 12.6 Å². The van der Waals surface area contributed by atoms with Gasteiger partial charge in [-0.15, -0.1) is 5.10 Å². The van der Waals surface area contributed by atoms with Gasteiger partial charge in [0.05, 0.1) is 35.1 Å². The van der Waals surface area contributed by atoms with Gasteiger partial charge in [-0.2, -0.15) is 0 Å². The first-order chi connectivity index (χ1) is 14.4. The van der Waals surface area contributed by atoms with Gasteiger partial charge in [-0.3, -0.25) is 24.5 Å². The Morgan fingerprint density at radius 3 is 2.63 bits per heavy atom. The van der Waals surface area contributed by atoms with Gasteiger partial charge in [-0.1, -0.05) is 5.21 Å². The van der Waals surface area contributed by atoms with Gasteiger partial charge in [0.15, 0.2) is 0 Å². The van der Waals surface area contributed by atoms with Gasteiger partial charge in [-0.05, 0) is 12.1 Å². The van der Waals surface area contributed by atoms with Gasteiger partial charge < -0.3 is 14.9 Å². The van der Waals surface area contributed by atoms with Crippen LogP contribution in [-0.4, -0.2) is 58.5 Å². The fourth-order valence-corrected chi connectivity index (χ4v) is 3.17. The Bertz CT molecular complexity index is 1200. The Labute approximate surface area is 166 Å². The lowest BCUT2D eigenvalue weighted by Crippen LogP contribution is -2.33. The second-order valence-corrected chi connectivity index (χ2v) is 6.65. The molecule has 0 spiro atoms. The Hall–Kier alpha value is -3.68. The van der Waals surface area contributed by atoms with E-state index in [1.54, 1.807) is 0 Å². The molecule has 0 amide bonds. The van der Waals surface area contributed by atoms with E-state index >= 15 is 0 Å². The number of nitrogens with one attached hydrogen (secondary N) is 1. The highest BCUT2D eigenvalue weighted by atomic mass is 16.6. The summed E-state index contributed by atoms with van der Waals surface area (Å²) in [6.07, 6.45) is 0.0892. The normalized spacial score (nSPS) is 21.1. The molecule has 1 aliphatic rings. The summed E-state index contributed by atoms with van der Waals surface area (Å²) in [5.74, 6) is 0. The quantitative estimate of drug-likeness (QED) is 0.359. The number of nitro benzene ring substituents is 1. The molecule has 3 N–H and O–H groups in total. The van der Waals surface area contributed by atoms with Crippen LogP contribution < -0.4 is 11.2 Å². The first-order valence-corrected chi connectivity index (χ1v) is 8.85. The van der Waals surface area contributed by atoms with Crippen LogP contribution in [0.5, 0.6) is 0 Å². The first-order valence-electron chi connectivity index (χ1n) is 8.85. The average Bonchev–Trinajstić information content (AvgIpc) is 3.35. The molecule has 0 saturated carbocycles. The zero-order chi connectivity index (χ0) is 21.4. The Morgan fingerprint density at radius 1 is 1.27 bits per heavy atom. The number of nitrogens with zero attached hydrogens (tertiary/aromatic N) is 5. The third-order valence-corrected chi connectivity index (χ3v) is 4.76. The van der Waals surface area contributed by atoms with Crippen LogP contribution in [0.3, 0.4) is 0 Å². The highest BCUT2D eigenvalue weighted by molar-refractivity contribution is 5.55. The summed E-state index contributed by atoms with van der Waals surface area (Å²) in [5, 5.41) is 37.7. The number of aromatic amines is 1. The molecule has 3 aromatic rings. The molecule has 1 saturated heterocycles. The highest BCUT2D eigenvalue weighted by Crippen LogP contribution is 2.28. The molecule has 1 fully saturated rings. The highest BCUT2D eigenvalue weighted by Gasteiger charge is 2.35. The minimum absolute atomic E-state index is 0.0355. The van der Waals surface area contributed by atoms with E-state index < -0.39 is 41.2 Å². The third-order valence-electron chi connectivity index (χ3n) is 4.76. The van der Waals surface area contributed by atoms with Crippen molar-refractivity contribution in [1.82, 2.24) is 24.5 Å². The van der Waals surface area contributed by atoms with Gasteiger partial charge in [-0.25, -0.2) is 9.48 Å². The topological polar surface area (TPSA) is 178 Å². The number of benzene rings is 1. The Morgan fingerprint density at radius 2 is 2.00 bits per heavy atom. The largest absolute Gasteiger partial charge is 0.394 e. The lowest BCUT2D eigenvalue weighted by Gasteiger charge is -2.14. The van der Waals surface area contributed by atoms with E-state index in [-0.39, 0.29) is 23.4 Å². The number of aliphatic hydroxyl groups is 2. The van der Waals surface area contributed by atoms with E-state index in [9.17, 15) is 29.9 Å². The van der Waals surface area contributed by atoms with Gasteiger partial charge in [0, 0.05) is 24.8 Å². The van der Waals surface area contributed by atoms with Crippen LogP contribution in [-0.2, 0) is 4.74 Å². The van der Waals surface area contributed by atoms with Gasteiger partial charge in [0.1, 0.15) is 18.0 Å². The van der Waals surface area contributed by atoms with Crippen LogP contribution in [0.15, 0.2) is 46.2 Å². The van der Waals surface area contributed by atoms with E-state index in [1.807, 2.05) is 0 Å². The fraction of sp³-hybridized carbons (Fsp3) is 0.294. The molecule has 2 aromatic heterocycles. The number of H-pyrrole nitrogens is 1. The maximum atomic E-state index is 12.3. The van der Waals surface area contributed by atoms with Crippen molar-refractivity contribution in [3.63, 3.8) is 0 Å². The molecular weight excluding hydrogens is 400 g/mol. The maximum Gasteiger partial charge on any atom is 0.330 e. The lowest BCUT2D eigenvalue weighted by molar-refractivity contribution is -0.384. The van der Waals surface area contributed by atoms with Crippen molar-refractivity contribution in [2.45, 2.75) is 24.9 Å². The van der Waals surface area contributed by atoms with E-state index in [0.29, 0.717) is 5.69 Å². The molecular formula is C17H16N6O7. The molecule has 13 heteroatoms. The second kappa shape index (κ2) is 7.62. The average molecular weight is 416 g/mol. The molecule has 0 aliphatic carbocycles. The Kier molecular flexibility index (Phi) is 4.99. The number of nitro groups is 1. The summed E-state index contributed by atoms with van der Waals surface area (Å²) in [4.78, 5) is 36.9. The fourth-order valence-electron chi connectivity index (χ4n) is 3.17. The number of non-ortho nitro benzene ring substituents is 1. The summed E-state index contributed by atoms with van der Waals surface area (Å²) in [6, 6.07) is 5.57. The van der Waals surface area contributed by atoms with Crippen molar-refractivity contribution in [3.8, 4) is 16.9 Å². The van der Waals surface area contributed by atoms with Crippen molar-refractivity contribution in [2.24, 2.45) is 0 Å². The number of rotatable bonds is 5. The molecule has 1 aliphatic heterocycles. The summed E-state index contributed by atoms with van der Waals surface area (Å²) >= 11 is 0. The second-order valence-electron chi connectivity index (χ2n) is 6.65. The predicted molar refractivity (Wildman–Crippen MR) is 99.9 cm³/mol. The third kappa shape index (κ3) is 3.52. The number of hydrogen-bond donors (Lipinski definition) is 3. The van der Waals surface area contributed by atoms with Crippen LogP contribution in [0.25, 0.3) is 16.9 Å². The van der Waals surface area contributed by atoms with Crippen LogP contribution in [0.4, 0.5) is 5.69 Å². The van der Waals surface area contributed by atoms with E-state index in [1.165, 1.54) is 41.3 Å². The van der Waals surface area contributed by atoms with Gasteiger partial charge in [0.25, 0.3) is 11.2 Å². The number of aromatic nitrogens is 5. The molecule has 4 rings (SSSR count). The lowest BCUT2D eigenvalue weighted by atomic mass is 10.2. The molecule has 3 heterocycles. The summed E-state index contributed by atoms with van der Waals surface area (Å²) < 4.78 is 7.91. The molecule has 0 bridgehead atoms. The maximum absolute atomic E-state index is 12.3. The minimum atomic E-state index is -0.953. The SMILES string of the molecule is O=c1[nH]c(=O)n([C@H]2C[C@H](O)[C@@H](CO)O2)cc1-c1cn(-c2ccc([N+](=O)[O-])cc2)nn1. The first kappa shape index (κ1) is 19.6. The molecule has 3 atom stereocenters. The zero-order valence-corrected chi connectivity index (χ0v) is 15.3. The van der Waals surface area contributed by atoms with E-state index in [0.717, 1.165) is 4.57 Å². The zero-order valence-electron chi connectivity index (χ0n) is 15.3. The van der Waals surface area contributed by atoms with Crippen molar-refractivity contribution >= 4 is 5.69 Å². The van der Waals surface area contributed by atoms with Crippen molar-refractivity contribution in [3.05, 3.63) is 67.6 Å². The van der Waals surface area contributed by atoms with Crippen LogP contribution in [0, 0.1) is 10.1 Å². The summed E-state index contributed by atoms with van der Waals surface area (Å²) in [5.41, 5.74) is -0.833. The molecule has 13 nitrogen and oxygen atoms in total. The molecule has 156 valence electrons. The summed E-state index contributed by atoms with van der Waals surface area (Å²) in [6.45, 7) is -0.411. The van der Waals surface area contributed by atoms with E-state index in [2.05, 4.69) is 15.3 Å². The van der Waals surface area contributed by atoms with E-state index in [4.69, 9.17) is 4.74 Å². The number of hydrogen-bond acceptors (Lipinski definition) is 9. The molecule has 0 unspecified atom stereocenters. The monoisotopic (exact) mass is 416 g/mol. The standard InChI is InChI=1S/C17H16N6O7/c24-8-14-13(25)5-15(30-14)21-6-11(16(26)18-17(21)27)12-7-22(20-19-12)9-1-3-10(4-2-9)23(28)29/h1-4,6-7,13-15,24-25H,5,8H2,(H,18,26,27)/t13-,14+,15+/m0/s1. The number of aliphatic hydroxyl groups excluding tert-OH is 2. The van der Waals surface area contributed by atoms with Crippen molar-refractivity contribution in [1.29, 1.82) is 0 Å². The molecule has 30 heavy (non-hydrogen) atoms.